The lowest BCUT2D eigenvalue weighted by atomic mass is 10.1. The van der Waals surface area contributed by atoms with E-state index in [1.165, 1.54) is 0 Å². The average molecular weight is 334 g/mol. The molecule has 0 bridgehead atoms. The van der Waals surface area contributed by atoms with Gasteiger partial charge in [0.2, 0.25) is 0 Å². The average Bonchev–Trinajstić information content (AvgIpc) is 2.86. The minimum absolute atomic E-state index is 0.0572. The van der Waals surface area contributed by atoms with Crippen molar-refractivity contribution in [2.24, 2.45) is 0 Å². The molecule has 1 fully saturated rings. The van der Waals surface area contributed by atoms with Gasteiger partial charge in [0.05, 0.1) is 32.3 Å². The summed E-state index contributed by atoms with van der Waals surface area (Å²) >= 11 is 0. The van der Waals surface area contributed by atoms with E-state index in [0.717, 1.165) is 23.5 Å². The van der Waals surface area contributed by atoms with E-state index in [1.54, 1.807) is 7.11 Å². The van der Waals surface area contributed by atoms with Crippen LogP contribution in [0.4, 0.5) is 4.79 Å². The molecule has 1 aromatic rings. The maximum absolute atomic E-state index is 12.8. The molecule has 1 aromatic carbocycles. The fraction of sp³-hybridized carbons (Fsp3) is 0.611. The predicted octanol–water partition coefficient (Wildman–Crippen LogP) is 2.56. The van der Waals surface area contributed by atoms with E-state index in [-0.39, 0.29) is 18.2 Å². The number of urea groups is 1. The summed E-state index contributed by atoms with van der Waals surface area (Å²) in [5.74, 6) is 1.52. The van der Waals surface area contributed by atoms with Crippen molar-refractivity contribution >= 4 is 6.03 Å². The van der Waals surface area contributed by atoms with Crippen molar-refractivity contribution in [3.63, 3.8) is 0 Å². The van der Waals surface area contributed by atoms with Gasteiger partial charge in [-0.2, -0.15) is 0 Å². The molecule has 6 heteroatoms. The van der Waals surface area contributed by atoms with Crippen molar-refractivity contribution in [3.05, 3.63) is 23.8 Å². The molecule has 0 aliphatic carbocycles. The van der Waals surface area contributed by atoms with E-state index in [4.69, 9.17) is 14.2 Å². The molecule has 0 saturated carbocycles. The standard InChI is InChI=1S/C18H26N2O4/c1-12-15(7-8-23-12)19-17(21)20-10-13-5-6-14(22-4)9-16(13)24-18(2,3)11-20/h5-6,9,12,15H,7-8,10-11H2,1-4H3,(H,19,21). The second kappa shape index (κ2) is 6.51. The summed E-state index contributed by atoms with van der Waals surface area (Å²) < 4.78 is 16.9. The molecular weight excluding hydrogens is 308 g/mol. The molecule has 2 aliphatic heterocycles. The van der Waals surface area contributed by atoms with Crippen molar-refractivity contribution in [3.8, 4) is 11.5 Å². The third kappa shape index (κ3) is 3.59. The van der Waals surface area contributed by atoms with Crippen LogP contribution in [0.5, 0.6) is 11.5 Å². The van der Waals surface area contributed by atoms with Gasteiger partial charge < -0.3 is 24.4 Å². The number of amides is 2. The predicted molar refractivity (Wildman–Crippen MR) is 90.5 cm³/mol. The van der Waals surface area contributed by atoms with Crippen LogP contribution in [0.1, 0.15) is 32.8 Å². The summed E-state index contributed by atoms with van der Waals surface area (Å²) in [4.78, 5) is 14.6. The largest absolute Gasteiger partial charge is 0.497 e. The number of carbonyl (C=O) groups is 1. The number of nitrogens with one attached hydrogen (secondary N) is 1. The van der Waals surface area contributed by atoms with Crippen LogP contribution in [-0.4, -0.2) is 48.9 Å². The minimum atomic E-state index is -0.479. The van der Waals surface area contributed by atoms with Gasteiger partial charge in [0, 0.05) is 18.2 Å². The van der Waals surface area contributed by atoms with Gasteiger partial charge in [-0.05, 0) is 39.3 Å². The third-order valence-electron chi connectivity index (χ3n) is 4.57. The van der Waals surface area contributed by atoms with Gasteiger partial charge in [-0.3, -0.25) is 0 Å². The molecular formula is C18H26N2O4. The van der Waals surface area contributed by atoms with E-state index in [9.17, 15) is 4.79 Å². The molecule has 2 heterocycles. The Balaban J connectivity index is 1.79. The molecule has 24 heavy (non-hydrogen) atoms. The molecule has 2 atom stereocenters. The Morgan fingerprint density at radius 1 is 1.42 bits per heavy atom. The van der Waals surface area contributed by atoms with E-state index in [1.807, 2.05) is 43.9 Å². The van der Waals surface area contributed by atoms with Gasteiger partial charge in [-0.25, -0.2) is 4.79 Å². The van der Waals surface area contributed by atoms with E-state index >= 15 is 0 Å². The number of nitrogens with zero attached hydrogens (tertiary/aromatic N) is 1. The number of hydrogen-bond acceptors (Lipinski definition) is 4. The number of benzene rings is 1. The number of rotatable bonds is 2. The Kier molecular flexibility index (Phi) is 4.58. The highest BCUT2D eigenvalue weighted by atomic mass is 16.5. The molecule has 0 aromatic heterocycles. The highest BCUT2D eigenvalue weighted by Crippen LogP contribution is 2.32. The Labute approximate surface area is 143 Å². The number of hydrogen-bond donors (Lipinski definition) is 1. The Morgan fingerprint density at radius 2 is 2.21 bits per heavy atom. The highest BCUT2D eigenvalue weighted by Gasteiger charge is 2.34. The first-order valence-electron chi connectivity index (χ1n) is 8.41. The Bertz CT molecular complexity index is 617. The van der Waals surface area contributed by atoms with Gasteiger partial charge >= 0.3 is 6.03 Å². The molecule has 6 nitrogen and oxygen atoms in total. The fourth-order valence-corrected chi connectivity index (χ4v) is 3.25. The van der Waals surface area contributed by atoms with Crippen LogP contribution in [0.25, 0.3) is 0 Å². The van der Waals surface area contributed by atoms with Gasteiger partial charge in [0.15, 0.2) is 0 Å². The maximum Gasteiger partial charge on any atom is 0.318 e. The quantitative estimate of drug-likeness (QED) is 0.903. The second-order valence-corrected chi connectivity index (χ2v) is 7.11. The molecule has 0 radical (unpaired) electrons. The van der Waals surface area contributed by atoms with Gasteiger partial charge in [-0.1, -0.05) is 0 Å². The summed E-state index contributed by atoms with van der Waals surface area (Å²) in [6.07, 6.45) is 0.913. The normalized spacial score (nSPS) is 25.4. The molecule has 2 aliphatic rings. The summed E-state index contributed by atoms with van der Waals surface area (Å²) in [6.45, 7) is 7.69. The molecule has 2 amide bonds. The summed E-state index contributed by atoms with van der Waals surface area (Å²) in [7, 11) is 1.63. The van der Waals surface area contributed by atoms with Crippen molar-refractivity contribution in [2.75, 3.05) is 20.3 Å². The first kappa shape index (κ1) is 16.9. The van der Waals surface area contributed by atoms with Crippen molar-refractivity contribution < 1.29 is 19.0 Å². The number of methoxy groups -OCH3 is 1. The van der Waals surface area contributed by atoms with Crippen molar-refractivity contribution in [1.82, 2.24) is 10.2 Å². The molecule has 1 saturated heterocycles. The van der Waals surface area contributed by atoms with Crippen LogP contribution in [0.3, 0.4) is 0 Å². The summed E-state index contributed by atoms with van der Waals surface area (Å²) in [5, 5.41) is 3.10. The van der Waals surface area contributed by atoms with Crippen LogP contribution in [-0.2, 0) is 11.3 Å². The number of ether oxygens (including phenoxy) is 3. The topological polar surface area (TPSA) is 60.0 Å². The van der Waals surface area contributed by atoms with E-state index in [0.29, 0.717) is 19.7 Å². The Morgan fingerprint density at radius 3 is 2.88 bits per heavy atom. The monoisotopic (exact) mass is 334 g/mol. The lowest BCUT2D eigenvalue weighted by molar-refractivity contribution is 0.0777. The summed E-state index contributed by atoms with van der Waals surface area (Å²) in [6, 6.07) is 5.73. The Hall–Kier alpha value is -1.95. The molecule has 132 valence electrons. The second-order valence-electron chi connectivity index (χ2n) is 7.11. The van der Waals surface area contributed by atoms with Crippen LogP contribution in [0.15, 0.2) is 18.2 Å². The first-order chi connectivity index (χ1) is 11.4. The van der Waals surface area contributed by atoms with Crippen LogP contribution in [0, 0.1) is 0 Å². The van der Waals surface area contributed by atoms with Crippen LogP contribution in [0.2, 0.25) is 0 Å². The number of fused-ring (bicyclic) bond motifs is 1. The van der Waals surface area contributed by atoms with Gasteiger partial charge in [0.1, 0.15) is 17.1 Å². The maximum atomic E-state index is 12.8. The molecule has 2 unspecified atom stereocenters. The van der Waals surface area contributed by atoms with Crippen molar-refractivity contribution in [1.29, 1.82) is 0 Å². The van der Waals surface area contributed by atoms with Crippen LogP contribution < -0.4 is 14.8 Å². The lowest BCUT2D eigenvalue weighted by Gasteiger charge is -2.30. The van der Waals surface area contributed by atoms with Crippen molar-refractivity contribution in [2.45, 2.75) is 51.5 Å². The van der Waals surface area contributed by atoms with E-state index < -0.39 is 5.60 Å². The van der Waals surface area contributed by atoms with E-state index in [2.05, 4.69) is 5.32 Å². The third-order valence-corrected chi connectivity index (χ3v) is 4.57. The molecule has 3 rings (SSSR count). The lowest BCUT2D eigenvalue weighted by Crippen LogP contribution is -2.50. The fourth-order valence-electron chi connectivity index (χ4n) is 3.25. The minimum Gasteiger partial charge on any atom is -0.497 e. The summed E-state index contributed by atoms with van der Waals surface area (Å²) in [5.41, 5.74) is 0.500. The van der Waals surface area contributed by atoms with Crippen LogP contribution >= 0.6 is 0 Å². The SMILES string of the molecule is COc1ccc2c(c1)OC(C)(C)CN(C(=O)NC1CCOC1C)C2. The zero-order chi connectivity index (χ0) is 17.3. The molecule has 0 spiro atoms. The smallest absolute Gasteiger partial charge is 0.318 e. The highest BCUT2D eigenvalue weighted by molar-refractivity contribution is 5.75. The van der Waals surface area contributed by atoms with Gasteiger partial charge in [-0.15, -0.1) is 0 Å². The number of carbonyl (C=O) groups excluding carboxylic acids is 1. The zero-order valence-corrected chi connectivity index (χ0v) is 14.8. The van der Waals surface area contributed by atoms with Gasteiger partial charge in [0.25, 0.3) is 0 Å². The molecule has 1 N–H and O–H groups in total. The zero-order valence-electron chi connectivity index (χ0n) is 14.8. The first-order valence-corrected chi connectivity index (χ1v) is 8.41.